The highest BCUT2D eigenvalue weighted by molar-refractivity contribution is 7.76. The van der Waals surface area contributed by atoms with Gasteiger partial charge < -0.3 is 4.55 Å². The van der Waals surface area contributed by atoms with Gasteiger partial charge in [0, 0.05) is 24.4 Å². The molecule has 1 saturated heterocycles. The first-order chi connectivity index (χ1) is 5.24. The first-order valence-corrected chi connectivity index (χ1v) is 5.11. The van der Waals surface area contributed by atoms with Crippen LogP contribution in [0.5, 0.6) is 0 Å². The first-order valence-electron chi connectivity index (χ1n) is 4.08. The summed E-state index contributed by atoms with van der Waals surface area (Å²) in [5.74, 6) is 0.609. The molecule has 0 aromatic heterocycles. The lowest BCUT2D eigenvalue weighted by Gasteiger charge is -2.17. The van der Waals surface area contributed by atoms with Gasteiger partial charge in [-0.3, -0.25) is 4.21 Å². The molecule has 0 aliphatic carbocycles. The van der Waals surface area contributed by atoms with Crippen molar-refractivity contribution in [3.8, 4) is 0 Å². The van der Waals surface area contributed by atoms with E-state index in [2.05, 4.69) is 6.92 Å². The monoisotopic (exact) mass is 176 g/mol. The molecule has 0 N–H and O–H groups in total. The van der Waals surface area contributed by atoms with Crippen molar-refractivity contribution in [3.05, 3.63) is 0 Å². The van der Waals surface area contributed by atoms with Crippen LogP contribution in [-0.2, 0) is 11.3 Å². The van der Waals surface area contributed by atoms with E-state index in [1.807, 2.05) is 0 Å². The zero-order valence-electron chi connectivity index (χ0n) is 6.78. The molecule has 2 unspecified atom stereocenters. The van der Waals surface area contributed by atoms with Crippen LogP contribution in [0.15, 0.2) is 0 Å². The molecule has 3 nitrogen and oxygen atoms in total. The lowest BCUT2D eigenvalue weighted by Crippen LogP contribution is -2.22. The highest BCUT2D eigenvalue weighted by atomic mass is 32.2. The Labute approximate surface area is 70.2 Å². The summed E-state index contributed by atoms with van der Waals surface area (Å²) in [6.45, 7) is 3.60. The number of nitrogens with zero attached hydrogens (tertiary/aromatic N) is 1. The van der Waals surface area contributed by atoms with Gasteiger partial charge in [-0.1, -0.05) is 13.3 Å². The number of rotatable bonds is 3. The normalized spacial score (nSPS) is 29.1. The van der Waals surface area contributed by atoms with Gasteiger partial charge in [0.05, 0.1) is 0 Å². The van der Waals surface area contributed by atoms with Crippen LogP contribution in [0.2, 0.25) is 0 Å². The highest BCUT2D eigenvalue weighted by Crippen LogP contribution is 2.21. The van der Waals surface area contributed by atoms with Crippen LogP contribution in [0.1, 0.15) is 26.2 Å². The fourth-order valence-corrected chi connectivity index (χ4v) is 2.16. The van der Waals surface area contributed by atoms with Crippen LogP contribution in [-0.4, -0.2) is 26.2 Å². The van der Waals surface area contributed by atoms with Gasteiger partial charge in [-0.05, 0) is 18.8 Å². The third kappa shape index (κ3) is 2.54. The van der Waals surface area contributed by atoms with E-state index < -0.39 is 11.3 Å². The van der Waals surface area contributed by atoms with Gasteiger partial charge in [-0.15, -0.1) is 0 Å². The van der Waals surface area contributed by atoms with Crippen molar-refractivity contribution in [3.63, 3.8) is 0 Å². The topological polar surface area (TPSA) is 43.4 Å². The van der Waals surface area contributed by atoms with Crippen LogP contribution >= 0.6 is 0 Å². The van der Waals surface area contributed by atoms with E-state index in [1.54, 1.807) is 0 Å². The minimum Gasteiger partial charge on any atom is -0.760 e. The third-order valence-corrected chi connectivity index (χ3v) is 2.91. The van der Waals surface area contributed by atoms with Crippen molar-refractivity contribution in [1.82, 2.24) is 4.31 Å². The molecule has 11 heavy (non-hydrogen) atoms. The maximum Gasteiger partial charge on any atom is 0.0209 e. The summed E-state index contributed by atoms with van der Waals surface area (Å²) in [4.78, 5) is 0. The summed E-state index contributed by atoms with van der Waals surface area (Å²) in [6.07, 6.45) is 3.36. The molecule has 4 heteroatoms. The summed E-state index contributed by atoms with van der Waals surface area (Å²) in [5.41, 5.74) is 0. The molecule has 0 spiro atoms. The Morgan fingerprint density at radius 2 is 2.45 bits per heavy atom. The third-order valence-electron chi connectivity index (χ3n) is 2.16. The van der Waals surface area contributed by atoms with Gasteiger partial charge in [0.15, 0.2) is 0 Å². The summed E-state index contributed by atoms with van der Waals surface area (Å²) in [6, 6.07) is 0. The Balaban J connectivity index is 2.29. The molecule has 1 aliphatic heterocycles. The van der Waals surface area contributed by atoms with Crippen molar-refractivity contribution in [2.24, 2.45) is 5.92 Å². The largest absolute Gasteiger partial charge is 0.760 e. The van der Waals surface area contributed by atoms with Crippen molar-refractivity contribution in [2.45, 2.75) is 26.2 Å². The molecular formula is C7H14NO2S-. The van der Waals surface area contributed by atoms with Gasteiger partial charge in [0.25, 0.3) is 0 Å². The number of hydrogen-bond acceptors (Lipinski definition) is 2. The fraction of sp³-hybridized carbons (Fsp3) is 1.00. The zero-order valence-corrected chi connectivity index (χ0v) is 7.60. The van der Waals surface area contributed by atoms with Crippen LogP contribution in [0, 0.1) is 5.92 Å². The molecule has 0 bridgehead atoms. The molecule has 0 radical (unpaired) electrons. The summed E-state index contributed by atoms with van der Waals surface area (Å²) in [7, 11) is 0. The maximum absolute atomic E-state index is 10.5. The van der Waals surface area contributed by atoms with E-state index in [4.69, 9.17) is 0 Å². The minimum absolute atomic E-state index is 0.609. The lowest BCUT2D eigenvalue weighted by molar-refractivity contribution is 0.418. The smallest absolute Gasteiger partial charge is 0.0209 e. The average molecular weight is 176 g/mol. The van der Waals surface area contributed by atoms with Crippen molar-refractivity contribution < 1.29 is 8.76 Å². The van der Waals surface area contributed by atoms with Crippen molar-refractivity contribution >= 4 is 11.3 Å². The molecule has 0 aromatic rings. The summed E-state index contributed by atoms with van der Waals surface area (Å²) < 4.78 is 22.5. The number of hydrogen-bond donors (Lipinski definition) is 0. The Kier molecular flexibility index (Phi) is 3.48. The zero-order chi connectivity index (χ0) is 8.27. The second-order valence-electron chi connectivity index (χ2n) is 3.05. The molecule has 66 valence electrons. The molecule has 1 aliphatic rings. The van der Waals surface area contributed by atoms with Crippen molar-refractivity contribution in [1.29, 1.82) is 0 Å². The summed E-state index contributed by atoms with van der Waals surface area (Å²) in [5, 5.41) is 0. The molecular weight excluding hydrogens is 162 g/mol. The fourth-order valence-electron chi connectivity index (χ4n) is 1.58. The predicted octanol–water partition coefficient (Wildman–Crippen LogP) is 0.903. The quantitative estimate of drug-likeness (QED) is 0.600. The van der Waals surface area contributed by atoms with Crippen molar-refractivity contribution in [2.75, 3.05) is 13.1 Å². The lowest BCUT2D eigenvalue weighted by atomic mass is 10.0. The van der Waals surface area contributed by atoms with E-state index in [-0.39, 0.29) is 0 Å². The van der Waals surface area contributed by atoms with Gasteiger partial charge in [-0.25, -0.2) is 4.31 Å². The van der Waals surface area contributed by atoms with Gasteiger partial charge in [-0.2, -0.15) is 0 Å². The van der Waals surface area contributed by atoms with E-state index in [1.165, 1.54) is 4.31 Å². The standard InChI is InChI=1S/C7H15NO2S/c1-2-3-7-4-5-8(6-7)11(9)10/h7H,2-6H2,1H3,(H,9,10)/p-1. The maximum atomic E-state index is 10.5. The predicted molar refractivity (Wildman–Crippen MR) is 43.5 cm³/mol. The average Bonchev–Trinajstić information content (AvgIpc) is 2.37. The molecule has 0 aromatic carbocycles. The second kappa shape index (κ2) is 4.18. The van der Waals surface area contributed by atoms with E-state index in [0.29, 0.717) is 5.92 Å². The molecule has 0 saturated carbocycles. The van der Waals surface area contributed by atoms with Gasteiger partial charge >= 0.3 is 0 Å². The Morgan fingerprint density at radius 1 is 1.73 bits per heavy atom. The Morgan fingerprint density at radius 3 is 2.91 bits per heavy atom. The van der Waals surface area contributed by atoms with Crippen LogP contribution in [0.4, 0.5) is 0 Å². The highest BCUT2D eigenvalue weighted by Gasteiger charge is 2.21. The SMILES string of the molecule is CCCC1CCN(S(=O)[O-])C1. The van der Waals surface area contributed by atoms with Gasteiger partial charge in [0.2, 0.25) is 0 Å². The molecule has 2 atom stereocenters. The van der Waals surface area contributed by atoms with E-state index >= 15 is 0 Å². The van der Waals surface area contributed by atoms with E-state index in [9.17, 15) is 8.76 Å². The van der Waals surface area contributed by atoms with E-state index in [0.717, 1.165) is 32.4 Å². The molecule has 1 fully saturated rings. The Hall–Kier alpha value is 0.0700. The molecule has 0 amide bonds. The Bertz CT molecular complexity index is 151. The van der Waals surface area contributed by atoms with Gasteiger partial charge in [0.1, 0.15) is 0 Å². The minimum atomic E-state index is -1.98. The molecule has 1 rings (SSSR count). The summed E-state index contributed by atoms with van der Waals surface area (Å²) >= 11 is -1.98. The second-order valence-corrected chi connectivity index (χ2v) is 4.00. The first kappa shape index (κ1) is 9.16. The van der Waals surface area contributed by atoms with Crippen LogP contribution in [0.25, 0.3) is 0 Å². The van der Waals surface area contributed by atoms with Crippen LogP contribution < -0.4 is 0 Å². The molecule has 1 heterocycles. The van der Waals surface area contributed by atoms with Crippen LogP contribution in [0.3, 0.4) is 0 Å².